The summed E-state index contributed by atoms with van der Waals surface area (Å²) in [7, 11) is 0. The molecule has 2 aliphatic rings. The van der Waals surface area contributed by atoms with Gasteiger partial charge in [-0.05, 0) is 44.0 Å². The van der Waals surface area contributed by atoms with Crippen molar-refractivity contribution in [3.63, 3.8) is 0 Å². The molecule has 2 atom stereocenters. The summed E-state index contributed by atoms with van der Waals surface area (Å²) in [6, 6.07) is 5.23. The van der Waals surface area contributed by atoms with Gasteiger partial charge in [0.05, 0.1) is 22.7 Å². The van der Waals surface area contributed by atoms with Crippen molar-refractivity contribution in [2.75, 3.05) is 10.6 Å². The van der Waals surface area contributed by atoms with Crippen LogP contribution in [0.3, 0.4) is 0 Å². The van der Waals surface area contributed by atoms with Gasteiger partial charge in [0, 0.05) is 17.4 Å². The number of rotatable bonds is 6. The SMILES string of the molecule is CC[C@]1(Nc2nc(Nc3ccc4c(c3)C(C)(C)NC4=O)ncc2C(F)F)C=CC=CC1O. The molecule has 0 fully saturated rings. The quantitative estimate of drug-likeness (QED) is 0.537. The third-order valence-electron chi connectivity index (χ3n) is 5.93. The number of allylic oxidation sites excluding steroid dienone is 2. The second-order valence-electron chi connectivity index (χ2n) is 8.47. The summed E-state index contributed by atoms with van der Waals surface area (Å²) in [4.78, 5) is 20.4. The van der Waals surface area contributed by atoms with Gasteiger partial charge in [0.15, 0.2) is 0 Å². The molecule has 2 heterocycles. The van der Waals surface area contributed by atoms with Crippen molar-refractivity contribution in [2.24, 2.45) is 0 Å². The van der Waals surface area contributed by atoms with Gasteiger partial charge >= 0.3 is 0 Å². The number of benzene rings is 1. The van der Waals surface area contributed by atoms with Crippen LogP contribution in [0.25, 0.3) is 0 Å². The molecule has 1 aromatic carbocycles. The maximum atomic E-state index is 13.7. The standard InChI is InChI=1S/C23H25F2N5O2/c1-4-23(10-6-5-7-17(23)31)29-19-15(18(24)25)12-26-21(28-19)27-13-8-9-14-16(11-13)22(2,3)30-20(14)32/h5-12,17-18,31H,4H2,1-3H3,(H,30,32)(H2,26,27,28,29)/t17?,23-/m0/s1. The van der Waals surface area contributed by atoms with E-state index in [1.54, 1.807) is 36.4 Å². The van der Waals surface area contributed by atoms with Crippen LogP contribution in [0.5, 0.6) is 0 Å². The van der Waals surface area contributed by atoms with Crippen LogP contribution in [0.15, 0.2) is 48.7 Å². The molecule has 32 heavy (non-hydrogen) atoms. The van der Waals surface area contributed by atoms with Gasteiger partial charge in [-0.1, -0.05) is 31.2 Å². The highest BCUT2D eigenvalue weighted by Gasteiger charge is 2.36. The van der Waals surface area contributed by atoms with E-state index in [2.05, 4.69) is 25.9 Å². The second kappa shape index (κ2) is 7.98. The minimum Gasteiger partial charge on any atom is -0.386 e. The van der Waals surface area contributed by atoms with Gasteiger partial charge in [0.1, 0.15) is 5.82 Å². The Morgan fingerprint density at radius 1 is 1.28 bits per heavy atom. The highest BCUT2D eigenvalue weighted by Crippen LogP contribution is 2.35. The molecule has 1 aliphatic heterocycles. The number of nitrogens with one attached hydrogen (secondary N) is 3. The Kier molecular flexibility index (Phi) is 5.46. The third kappa shape index (κ3) is 3.84. The largest absolute Gasteiger partial charge is 0.386 e. The zero-order valence-corrected chi connectivity index (χ0v) is 18.0. The van der Waals surface area contributed by atoms with Crippen molar-refractivity contribution in [3.8, 4) is 0 Å². The van der Waals surface area contributed by atoms with Gasteiger partial charge in [-0.15, -0.1) is 0 Å². The fraction of sp³-hybridized carbons (Fsp3) is 0.348. The Morgan fingerprint density at radius 3 is 2.75 bits per heavy atom. The van der Waals surface area contributed by atoms with Crippen LogP contribution in [0, 0.1) is 0 Å². The van der Waals surface area contributed by atoms with E-state index in [9.17, 15) is 18.7 Å². The molecule has 0 radical (unpaired) electrons. The first-order chi connectivity index (χ1) is 15.1. The minimum absolute atomic E-state index is 0.0586. The number of carbonyl (C=O) groups excluding carboxylic acids is 1. The summed E-state index contributed by atoms with van der Waals surface area (Å²) in [5.74, 6) is -0.0849. The monoisotopic (exact) mass is 441 g/mol. The first-order valence-corrected chi connectivity index (χ1v) is 10.4. The van der Waals surface area contributed by atoms with E-state index in [0.717, 1.165) is 11.8 Å². The van der Waals surface area contributed by atoms with E-state index in [1.807, 2.05) is 26.8 Å². The van der Waals surface area contributed by atoms with Crippen LogP contribution in [0.1, 0.15) is 55.1 Å². The average molecular weight is 441 g/mol. The fourth-order valence-corrected chi connectivity index (χ4v) is 4.01. The molecule has 4 rings (SSSR count). The summed E-state index contributed by atoms with van der Waals surface area (Å²) in [6.07, 6.45) is 4.63. The van der Waals surface area contributed by atoms with E-state index < -0.39 is 23.6 Å². The lowest BCUT2D eigenvalue weighted by atomic mass is 9.85. The molecule has 7 nitrogen and oxygen atoms in total. The van der Waals surface area contributed by atoms with Gasteiger partial charge in [0.2, 0.25) is 5.95 Å². The van der Waals surface area contributed by atoms with Gasteiger partial charge < -0.3 is 21.1 Å². The van der Waals surface area contributed by atoms with Crippen LogP contribution in [-0.4, -0.2) is 32.6 Å². The topological polar surface area (TPSA) is 99.2 Å². The van der Waals surface area contributed by atoms with E-state index in [0.29, 0.717) is 17.7 Å². The molecule has 4 N–H and O–H groups in total. The molecule has 1 amide bonds. The predicted octanol–water partition coefficient (Wildman–Crippen LogP) is 4.18. The molecule has 168 valence electrons. The summed E-state index contributed by atoms with van der Waals surface area (Å²) < 4.78 is 27.3. The summed E-state index contributed by atoms with van der Waals surface area (Å²) in [6.45, 7) is 5.65. The van der Waals surface area contributed by atoms with Crippen LogP contribution in [0.4, 0.5) is 26.2 Å². The summed E-state index contributed by atoms with van der Waals surface area (Å²) in [5.41, 5.74) is 0.184. The number of amides is 1. The van der Waals surface area contributed by atoms with Crippen molar-refractivity contribution in [1.82, 2.24) is 15.3 Å². The van der Waals surface area contributed by atoms with E-state index in [4.69, 9.17) is 0 Å². The van der Waals surface area contributed by atoms with Crippen LogP contribution < -0.4 is 16.0 Å². The van der Waals surface area contributed by atoms with Crippen molar-refractivity contribution in [3.05, 3.63) is 65.4 Å². The number of fused-ring (bicyclic) bond motifs is 1. The third-order valence-corrected chi connectivity index (χ3v) is 5.93. The second-order valence-corrected chi connectivity index (χ2v) is 8.47. The first kappa shape index (κ1) is 21.9. The number of alkyl halides is 2. The Labute approximate surface area is 184 Å². The van der Waals surface area contributed by atoms with Gasteiger partial charge in [-0.3, -0.25) is 4.79 Å². The lowest BCUT2D eigenvalue weighted by Gasteiger charge is -2.36. The molecular weight excluding hydrogens is 416 g/mol. The predicted molar refractivity (Wildman–Crippen MR) is 118 cm³/mol. The zero-order chi connectivity index (χ0) is 23.1. The van der Waals surface area contributed by atoms with E-state index >= 15 is 0 Å². The van der Waals surface area contributed by atoms with Crippen LogP contribution in [0.2, 0.25) is 0 Å². The normalized spacial score (nSPS) is 23.2. The van der Waals surface area contributed by atoms with Crippen molar-refractivity contribution in [2.45, 2.75) is 50.8 Å². The lowest BCUT2D eigenvalue weighted by molar-refractivity contribution is 0.0940. The number of hydrogen-bond acceptors (Lipinski definition) is 6. The molecule has 1 aliphatic carbocycles. The van der Waals surface area contributed by atoms with E-state index in [1.165, 1.54) is 0 Å². The number of carbonyl (C=O) groups is 1. The molecular formula is C23H25F2N5O2. The number of halogens is 2. The van der Waals surface area contributed by atoms with Crippen LogP contribution in [-0.2, 0) is 5.54 Å². The number of hydrogen-bond donors (Lipinski definition) is 4. The Morgan fingerprint density at radius 2 is 2.06 bits per heavy atom. The molecule has 1 aromatic heterocycles. The lowest BCUT2D eigenvalue weighted by Crippen LogP contribution is -2.47. The van der Waals surface area contributed by atoms with Gasteiger partial charge in [0.25, 0.3) is 12.3 Å². The maximum Gasteiger partial charge on any atom is 0.268 e. The number of aromatic nitrogens is 2. The first-order valence-electron chi connectivity index (χ1n) is 10.4. The minimum atomic E-state index is -2.79. The molecule has 0 bridgehead atoms. The Hall–Kier alpha value is -3.33. The van der Waals surface area contributed by atoms with Crippen molar-refractivity contribution in [1.29, 1.82) is 0 Å². The van der Waals surface area contributed by atoms with Crippen molar-refractivity contribution >= 4 is 23.4 Å². The van der Waals surface area contributed by atoms with Gasteiger partial charge in [-0.2, -0.15) is 4.98 Å². The zero-order valence-electron chi connectivity index (χ0n) is 18.0. The smallest absolute Gasteiger partial charge is 0.268 e. The highest BCUT2D eigenvalue weighted by atomic mass is 19.3. The fourth-order valence-electron chi connectivity index (χ4n) is 4.01. The number of anilines is 3. The number of aliphatic hydroxyl groups excluding tert-OH is 1. The number of nitrogens with zero attached hydrogens (tertiary/aromatic N) is 2. The Balaban J connectivity index is 1.67. The highest BCUT2D eigenvalue weighted by molar-refractivity contribution is 6.00. The Bertz CT molecular complexity index is 1120. The molecule has 0 saturated heterocycles. The maximum absolute atomic E-state index is 13.7. The summed E-state index contributed by atoms with van der Waals surface area (Å²) in [5, 5.41) is 19.5. The van der Waals surface area contributed by atoms with Crippen molar-refractivity contribution < 1.29 is 18.7 Å². The number of aliphatic hydroxyl groups is 1. The summed E-state index contributed by atoms with van der Waals surface area (Å²) >= 11 is 0. The van der Waals surface area contributed by atoms with Crippen LogP contribution >= 0.6 is 0 Å². The average Bonchev–Trinajstić information content (AvgIpc) is 2.97. The molecule has 0 saturated carbocycles. The van der Waals surface area contributed by atoms with E-state index in [-0.39, 0.29) is 23.2 Å². The molecule has 2 aromatic rings. The molecule has 1 unspecified atom stereocenters. The molecule has 0 spiro atoms. The molecule has 9 heteroatoms. The van der Waals surface area contributed by atoms with Gasteiger partial charge in [-0.25, -0.2) is 13.8 Å².